The summed E-state index contributed by atoms with van der Waals surface area (Å²) < 4.78 is 103. The van der Waals surface area contributed by atoms with Crippen LogP contribution in [0.3, 0.4) is 0 Å². The van der Waals surface area contributed by atoms with Gasteiger partial charge in [0.1, 0.15) is 0 Å². The lowest BCUT2D eigenvalue weighted by molar-refractivity contribution is 0.600. The second-order valence-corrected chi connectivity index (χ2v) is 24.7. The predicted molar refractivity (Wildman–Crippen MR) is 268 cm³/mol. The zero-order valence-corrected chi connectivity index (χ0v) is 41.4. The minimum Gasteiger partial charge on any atom is -0.259 e. The highest BCUT2D eigenvalue weighted by molar-refractivity contribution is 7.91. The molecule has 6 aromatic carbocycles. The number of sulfone groups is 4. The van der Waals surface area contributed by atoms with Gasteiger partial charge in [0.2, 0.25) is 0 Å². The maximum Gasteiger partial charge on any atom is 0.181 e. The molecule has 0 aliphatic heterocycles. The molecule has 10 rings (SSSR count). The third kappa shape index (κ3) is 9.49. The van der Waals surface area contributed by atoms with Crippen LogP contribution in [0.15, 0.2) is 153 Å². The monoisotopic (exact) mass is 1040 g/mol. The van der Waals surface area contributed by atoms with Gasteiger partial charge < -0.3 is 0 Å². The van der Waals surface area contributed by atoms with Crippen molar-refractivity contribution in [2.45, 2.75) is 19.6 Å². The lowest BCUT2D eigenvalue weighted by Crippen LogP contribution is -2.04. The number of nitrogens with one attached hydrogen (secondary N) is 4. The smallest absolute Gasteiger partial charge is 0.181 e. The van der Waals surface area contributed by atoms with Crippen LogP contribution in [-0.2, 0) is 39.3 Å². The van der Waals surface area contributed by atoms with Crippen molar-refractivity contribution in [3.63, 3.8) is 0 Å². The molecule has 0 radical (unpaired) electrons. The van der Waals surface area contributed by atoms with E-state index >= 15 is 0 Å². The Labute approximate surface area is 411 Å². The summed E-state index contributed by atoms with van der Waals surface area (Å²) in [4.78, 5) is 18.5. The van der Waals surface area contributed by atoms with Gasteiger partial charge in [-0.05, 0) is 60.2 Å². The van der Waals surface area contributed by atoms with Gasteiger partial charge in [-0.25, -0.2) is 53.6 Å². The van der Waals surface area contributed by atoms with E-state index in [0.717, 1.165) is 25.0 Å². The van der Waals surface area contributed by atoms with Gasteiger partial charge in [-0.2, -0.15) is 20.4 Å². The molecular weight excluding hydrogens is 1000 g/mol. The Bertz CT molecular complexity index is 4260. The molecule has 0 saturated heterocycles. The van der Waals surface area contributed by atoms with E-state index in [1.807, 2.05) is 0 Å². The quantitative estimate of drug-likeness (QED) is 0.0925. The number of benzene rings is 6. The van der Waals surface area contributed by atoms with E-state index in [-0.39, 0.29) is 59.8 Å². The van der Waals surface area contributed by atoms with Crippen molar-refractivity contribution < 1.29 is 33.7 Å². The van der Waals surface area contributed by atoms with Crippen molar-refractivity contribution in [2.24, 2.45) is 0 Å². The minimum absolute atomic E-state index is 0.0883. The number of aromatic amines is 4. The molecule has 4 heterocycles. The first-order valence-corrected chi connectivity index (χ1v) is 28.9. The summed E-state index contributed by atoms with van der Waals surface area (Å²) in [7, 11) is -14.9. The molecule has 0 bridgehead atoms. The molecule has 0 unspecified atom stereocenters. The van der Waals surface area contributed by atoms with Crippen LogP contribution >= 0.6 is 0 Å². The van der Waals surface area contributed by atoms with E-state index in [4.69, 9.17) is 0 Å². The molecule has 0 saturated carbocycles. The van der Waals surface area contributed by atoms with Crippen LogP contribution in [0.25, 0.3) is 102 Å². The average molecular weight is 1040 g/mol. The first-order chi connectivity index (χ1) is 34.2. The molecule has 0 aliphatic rings. The molecule has 20 nitrogen and oxygen atoms in total. The highest BCUT2D eigenvalue weighted by atomic mass is 32.2. The van der Waals surface area contributed by atoms with Crippen molar-refractivity contribution >= 4 is 39.3 Å². The van der Waals surface area contributed by atoms with Gasteiger partial charge >= 0.3 is 0 Å². The second-order valence-electron chi connectivity index (χ2n) is 16.7. The average Bonchev–Trinajstić information content (AvgIpc) is 4.21. The van der Waals surface area contributed by atoms with E-state index in [1.54, 1.807) is 97.1 Å². The Kier molecular flexibility index (Phi) is 11.7. The van der Waals surface area contributed by atoms with Crippen molar-refractivity contribution in [1.29, 1.82) is 0 Å². The number of nitrogens with zero attached hydrogens (tertiary/aromatic N) is 8. The van der Waals surface area contributed by atoms with Crippen LogP contribution in [0.5, 0.6) is 0 Å². The molecule has 4 aromatic heterocycles. The van der Waals surface area contributed by atoms with Crippen LogP contribution in [-0.4, -0.2) is 119 Å². The van der Waals surface area contributed by atoms with Crippen LogP contribution in [0.4, 0.5) is 0 Å². The molecule has 24 heteroatoms. The third-order valence-corrected chi connectivity index (χ3v) is 15.9. The molecule has 4 N–H and O–H groups in total. The van der Waals surface area contributed by atoms with Gasteiger partial charge in [-0.1, -0.05) is 78.9 Å². The van der Waals surface area contributed by atoms with Crippen LogP contribution in [0.2, 0.25) is 0 Å². The fraction of sp³-hybridized carbons (Fsp3) is 0.0833. The molecule has 0 spiro atoms. The number of aromatic nitrogens is 12. The Morgan fingerprint density at radius 2 is 0.681 bits per heavy atom. The van der Waals surface area contributed by atoms with Gasteiger partial charge in [0.25, 0.3) is 0 Å². The van der Waals surface area contributed by atoms with E-state index in [9.17, 15) is 33.7 Å². The van der Waals surface area contributed by atoms with Crippen molar-refractivity contribution in [3.8, 4) is 102 Å². The van der Waals surface area contributed by atoms with E-state index < -0.39 is 39.3 Å². The predicted octanol–water partition coefficient (Wildman–Crippen LogP) is 6.78. The fourth-order valence-corrected chi connectivity index (χ4v) is 11.3. The number of rotatable bonds is 13. The summed E-state index contributed by atoms with van der Waals surface area (Å²) in [6.45, 7) is 0. The molecule has 0 amide bonds. The standard InChI is InChI=1S/C48H38N12O8S4/c1-69(61,62)34-15-9-14-32(24-34)45-49-41(53-55-45)28-10-7-11-29(22-28)42-50-46(56-54-42)33-19-20-35(39(26-33)71(3,65)66)27-18-21-37(40(25-27)72(4,67)68)48-52-44(58-60-48)31-13-8-12-30(23-31)43-51-47(59-57-43)36-16-5-6-17-38(36)70(2,63)64/h5-26H,1-4H3,(H,49,53,55)(H,50,54,56)(H,51,57,59)(H,52,58,60). The molecule has 0 fully saturated rings. The molecular formula is C48H38N12O8S4. The first kappa shape index (κ1) is 47.4. The number of H-pyrrole nitrogens is 4. The first-order valence-electron chi connectivity index (χ1n) is 21.4. The van der Waals surface area contributed by atoms with Crippen molar-refractivity contribution in [3.05, 3.63) is 133 Å². The highest BCUT2D eigenvalue weighted by Gasteiger charge is 2.24. The maximum absolute atomic E-state index is 13.4. The molecule has 0 aliphatic carbocycles. The van der Waals surface area contributed by atoms with Crippen molar-refractivity contribution in [1.82, 2.24) is 60.7 Å². The van der Waals surface area contributed by atoms with Gasteiger partial charge in [0, 0.05) is 75.1 Å². The Morgan fingerprint density at radius 1 is 0.306 bits per heavy atom. The van der Waals surface area contributed by atoms with Gasteiger partial charge in [-0.3, -0.25) is 20.4 Å². The minimum atomic E-state index is -3.95. The number of hydrogen-bond acceptors (Lipinski definition) is 16. The van der Waals surface area contributed by atoms with Gasteiger partial charge in [-0.15, -0.1) is 0 Å². The summed E-state index contributed by atoms with van der Waals surface area (Å²) in [5.74, 6) is 2.18. The topological polar surface area (TPSA) is 303 Å². The van der Waals surface area contributed by atoms with E-state index in [1.165, 1.54) is 36.4 Å². The lowest BCUT2D eigenvalue weighted by atomic mass is 10.0. The summed E-state index contributed by atoms with van der Waals surface area (Å²) >= 11 is 0. The molecule has 10 aromatic rings. The SMILES string of the molecule is CS(=O)(=O)c1cccc(-c2nc(-c3cccc(-c4n[nH]c(-c5ccc(-c6ccc(-c7nc(-c8cccc(-c9n[nH]c(-c%10ccccc%10S(C)(=O)=O)n9)c8)n[nH]7)c(S(C)(=O)=O)c6)c(S(C)(=O)=O)c5)n4)c3)n[nH]2)c1. The normalized spacial score (nSPS) is 12.3. The molecule has 72 heavy (non-hydrogen) atoms. The van der Waals surface area contributed by atoms with E-state index in [2.05, 4.69) is 60.7 Å². The zero-order valence-electron chi connectivity index (χ0n) is 38.2. The number of hydrogen-bond donors (Lipinski definition) is 4. The van der Waals surface area contributed by atoms with Crippen LogP contribution in [0.1, 0.15) is 0 Å². The van der Waals surface area contributed by atoms with Crippen LogP contribution in [0, 0.1) is 0 Å². The summed E-state index contributed by atoms with van der Waals surface area (Å²) in [5, 5.41) is 28.8. The fourth-order valence-electron chi connectivity index (χ4n) is 7.92. The Balaban J connectivity index is 0.917. The van der Waals surface area contributed by atoms with E-state index in [0.29, 0.717) is 62.0 Å². The maximum atomic E-state index is 13.4. The Hall–Kier alpha value is -8.32. The van der Waals surface area contributed by atoms with Crippen LogP contribution < -0.4 is 0 Å². The Morgan fingerprint density at radius 3 is 1.18 bits per heavy atom. The second kappa shape index (κ2) is 17.8. The highest BCUT2D eigenvalue weighted by Crippen LogP contribution is 2.37. The lowest BCUT2D eigenvalue weighted by Gasteiger charge is -2.13. The summed E-state index contributed by atoms with van der Waals surface area (Å²) in [6, 6.07) is 36.1. The largest absolute Gasteiger partial charge is 0.259 e. The molecule has 362 valence electrons. The van der Waals surface area contributed by atoms with Crippen molar-refractivity contribution in [2.75, 3.05) is 25.0 Å². The van der Waals surface area contributed by atoms with Gasteiger partial charge in [0.05, 0.1) is 19.6 Å². The zero-order chi connectivity index (χ0) is 50.7. The summed E-state index contributed by atoms with van der Waals surface area (Å²) in [5.41, 5.74) is 4.36. The van der Waals surface area contributed by atoms with Gasteiger partial charge in [0.15, 0.2) is 85.9 Å². The summed E-state index contributed by atoms with van der Waals surface area (Å²) in [6.07, 6.45) is 4.34. The molecule has 0 atom stereocenters. The third-order valence-electron chi connectivity index (χ3n) is 11.4.